The standard InChI is InChI=1S/C21H29N5O/c1-5-26-18(3)21(17(2)23-26)16-24(12-13-27-4)15-20-9-7-11-25(20)19-8-6-10-22-14-19/h6-11,14H,5,12-13,15-16H2,1-4H3. The summed E-state index contributed by atoms with van der Waals surface area (Å²) in [4.78, 5) is 6.67. The first-order valence-corrected chi connectivity index (χ1v) is 9.44. The molecular weight excluding hydrogens is 338 g/mol. The fraction of sp³-hybridized carbons (Fsp3) is 0.429. The minimum absolute atomic E-state index is 0.702. The van der Waals surface area contributed by atoms with Gasteiger partial charge in [-0.1, -0.05) is 0 Å². The lowest BCUT2D eigenvalue weighted by Gasteiger charge is -2.23. The summed E-state index contributed by atoms with van der Waals surface area (Å²) in [5, 5.41) is 4.67. The van der Waals surface area contributed by atoms with Gasteiger partial charge in [0.1, 0.15) is 0 Å². The van der Waals surface area contributed by atoms with Crippen molar-refractivity contribution in [3.05, 3.63) is 65.5 Å². The highest BCUT2D eigenvalue weighted by Crippen LogP contribution is 2.19. The van der Waals surface area contributed by atoms with E-state index >= 15 is 0 Å². The van der Waals surface area contributed by atoms with E-state index in [-0.39, 0.29) is 0 Å². The molecule has 0 unspecified atom stereocenters. The molecule has 144 valence electrons. The fourth-order valence-corrected chi connectivity index (χ4v) is 3.45. The smallest absolute Gasteiger partial charge is 0.0641 e. The van der Waals surface area contributed by atoms with Gasteiger partial charge in [0, 0.05) is 62.6 Å². The number of nitrogens with zero attached hydrogens (tertiary/aromatic N) is 5. The second-order valence-corrected chi connectivity index (χ2v) is 6.75. The Morgan fingerprint density at radius 1 is 1.15 bits per heavy atom. The highest BCUT2D eigenvalue weighted by atomic mass is 16.5. The molecule has 6 nitrogen and oxygen atoms in total. The van der Waals surface area contributed by atoms with Gasteiger partial charge in [0.05, 0.1) is 24.2 Å². The molecule has 0 radical (unpaired) electrons. The number of pyridine rings is 1. The van der Waals surface area contributed by atoms with Crippen molar-refractivity contribution in [2.45, 2.75) is 40.4 Å². The number of methoxy groups -OCH3 is 1. The Morgan fingerprint density at radius 3 is 2.67 bits per heavy atom. The van der Waals surface area contributed by atoms with Crippen LogP contribution in [0.15, 0.2) is 42.9 Å². The van der Waals surface area contributed by atoms with E-state index in [0.717, 1.165) is 37.6 Å². The minimum Gasteiger partial charge on any atom is -0.383 e. The van der Waals surface area contributed by atoms with Gasteiger partial charge < -0.3 is 9.30 Å². The van der Waals surface area contributed by atoms with E-state index in [1.165, 1.54) is 17.0 Å². The van der Waals surface area contributed by atoms with Gasteiger partial charge in [-0.2, -0.15) is 5.10 Å². The molecule has 3 heterocycles. The Bertz CT molecular complexity index is 853. The zero-order chi connectivity index (χ0) is 19.2. The van der Waals surface area contributed by atoms with Gasteiger partial charge in [0.15, 0.2) is 0 Å². The second-order valence-electron chi connectivity index (χ2n) is 6.75. The Balaban J connectivity index is 1.83. The monoisotopic (exact) mass is 367 g/mol. The van der Waals surface area contributed by atoms with Crippen molar-refractivity contribution in [2.24, 2.45) is 0 Å². The van der Waals surface area contributed by atoms with E-state index in [0.29, 0.717) is 6.61 Å². The molecule has 0 aliphatic rings. The van der Waals surface area contributed by atoms with Crippen molar-refractivity contribution < 1.29 is 4.74 Å². The van der Waals surface area contributed by atoms with Crippen LogP contribution >= 0.6 is 0 Å². The lowest BCUT2D eigenvalue weighted by atomic mass is 10.1. The number of aromatic nitrogens is 4. The summed E-state index contributed by atoms with van der Waals surface area (Å²) >= 11 is 0. The summed E-state index contributed by atoms with van der Waals surface area (Å²) in [6.07, 6.45) is 5.78. The third-order valence-corrected chi connectivity index (χ3v) is 4.97. The van der Waals surface area contributed by atoms with Crippen molar-refractivity contribution >= 4 is 0 Å². The van der Waals surface area contributed by atoms with Gasteiger partial charge >= 0.3 is 0 Å². The molecule has 27 heavy (non-hydrogen) atoms. The highest BCUT2D eigenvalue weighted by molar-refractivity contribution is 5.32. The second kappa shape index (κ2) is 8.97. The quantitative estimate of drug-likeness (QED) is 0.582. The fourth-order valence-electron chi connectivity index (χ4n) is 3.45. The summed E-state index contributed by atoms with van der Waals surface area (Å²) in [5.41, 5.74) is 5.99. The molecule has 3 aromatic heterocycles. The normalized spacial score (nSPS) is 11.4. The molecule has 0 N–H and O–H groups in total. The third kappa shape index (κ3) is 4.46. The van der Waals surface area contributed by atoms with Crippen molar-refractivity contribution in [1.29, 1.82) is 0 Å². The maximum atomic E-state index is 5.35. The SMILES string of the molecule is CCn1nc(C)c(CN(CCOC)Cc2cccn2-c2cccnc2)c1C. The van der Waals surface area contributed by atoms with E-state index in [1.54, 1.807) is 13.3 Å². The van der Waals surface area contributed by atoms with Gasteiger partial charge in [-0.25, -0.2) is 0 Å². The number of aryl methyl sites for hydroxylation is 2. The van der Waals surface area contributed by atoms with Crippen molar-refractivity contribution in [3.63, 3.8) is 0 Å². The van der Waals surface area contributed by atoms with E-state index in [4.69, 9.17) is 4.74 Å². The molecule has 0 aliphatic heterocycles. The largest absolute Gasteiger partial charge is 0.383 e. The van der Waals surface area contributed by atoms with Crippen LogP contribution in [0.4, 0.5) is 0 Å². The van der Waals surface area contributed by atoms with E-state index in [1.807, 2.05) is 12.3 Å². The molecule has 3 rings (SSSR count). The average molecular weight is 367 g/mol. The van der Waals surface area contributed by atoms with Crippen LogP contribution in [0, 0.1) is 13.8 Å². The molecule has 3 aromatic rings. The van der Waals surface area contributed by atoms with Gasteiger partial charge in [0.25, 0.3) is 0 Å². The molecule has 0 aromatic carbocycles. The van der Waals surface area contributed by atoms with Gasteiger partial charge in [0.2, 0.25) is 0 Å². The van der Waals surface area contributed by atoms with Crippen LogP contribution in [0.3, 0.4) is 0 Å². The maximum Gasteiger partial charge on any atom is 0.0641 e. The number of hydrogen-bond donors (Lipinski definition) is 0. The van der Waals surface area contributed by atoms with Crippen molar-refractivity contribution in [1.82, 2.24) is 24.2 Å². The Labute approximate surface area is 161 Å². The Kier molecular flexibility index (Phi) is 6.42. The molecule has 0 bridgehead atoms. The third-order valence-electron chi connectivity index (χ3n) is 4.97. The minimum atomic E-state index is 0.702. The highest BCUT2D eigenvalue weighted by Gasteiger charge is 2.16. The van der Waals surface area contributed by atoms with Gasteiger partial charge in [-0.15, -0.1) is 0 Å². The lowest BCUT2D eigenvalue weighted by molar-refractivity contribution is 0.138. The van der Waals surface area contributed by atoms with Crippen LogP contribution in [0.5, 0.6) is 0 Å². The molecule has 6 heteroatoms. The van der Waals surface area contributed by atoms with Crippen molar-refractivity contribution in [2.75, 3.05) is 20.3 Å². The molecule has 0 aliphatic carbocycles. The van der Waals surface area contributed by atoms with Crippen molar-refractivity contribution in [3.8, 4) is 5.69 Å². The first-order chi connectivity index (χ1) is 13.1. The summed E-state index contributed by atoms with van der Waals surface area (Å²) in [6, 6.07) is 8.30. The van der Waals surface area contributed by atoms with Crippen LogP contribution in [0.25, 0.3) is 5.69 Å². The predicted octanol–water partition coefficient (Wildman–Crippen LogP) is 3.35. The molecular formula is C21H29N5O. The van der Waals surface area contributed by atoms with E-state index < -0.39 is 0 Å². The summed E-state index contributed by atoms with van der Waals surface area (Å²) in [5.74, 6) is 0. The lowest BCUT2D eigenvalue weighted by Crippen LogP contribution is -2.28. The van der Waals surface area contributed by atoms with Crippen LogP contribution in [-0.4, -0.2) is 44.5 Å². The summed E-state index contributed by atoms with van der Waals surface area (Å²) < 4.78 is 9.63. The molecule has 0 fully saturated rings. The number of hydrogen-bond acceptors (Lipinski definition) is 4. The van der Waals surface area contributed by atoms with Crippen LogP contribution in [0.2, 0.25) is 0 Å². The summed E-state index contributed by atoms with van der Waals surface area (Å²) in [7, 11) is 1.75. The van der Waals surface area contributed by atoms with Crippen LogP contribution in [0.1, 0.15) is 29.6 Å². The average Bonchev–Trinajstić information content (AvgIpc) is 3.26. The topological polar surface area (TPSA) is 48.1 Å². The van der Waals surface area contributed by atoms with E-state index in [9.17, 15) is 0 Å². The molecule has 0 saturated carbocycles. The zero-order valence-corrected chi connectivity index (χ0v) is 16.7. The number of rotatable bonds is 9. The number of ether oxygens (including phenoxy) is 1. The first kappa shape index (κ1) is 19.3. The Hall–Kier alpha value is -2.44. The van der Waals surface area contributed by atoms with Crippen LogP contribution < -0.4 is 0 Å². The van der Waals surface area contributed by atoms with Gasteiger partial charge in [-0.05, 0) is 45.0 Å². The maximum absolute atomic E-state index is 5.35. The Morgan fingerprint density at radius 2 is 2.00 bits per heavy atom. The first-order valence-electron chi connectivity index (χ1n) is 9.44. The molecule has 0 atom stereocenters. The summed E-state index contributed by atoms with van der Waals surface area (Å²) in [6.45, 7) is 10.5. The molecule has 0 saturated heterocycles. The van der Waals surface area contributed by atoms with E-state index in [2.05, 4.69) is 69.4 Å². The van der Waals surface area contributed by atoms with Crippen LogP contribution in [-0.2, 0) is 24.4 Å². The molecule has 0 spiro atoms. The zero-order valence-electron chi connectivity index (χ0n) is 16.7. The van der Waals surface area contributed by atoms with Gasteiger partial charge in [-0.3, -0.25) is 14.6 Å². The molecule has 0 amide bonds. The predicted molar refractivity (Wildman–Crippen MR) is 107 cm³/mol.